The van der Waals surface area contributed by atoms with Crippen LogP contribution in [0.4, 0.5) is 18.9 Å². The molecule has 2 aliphatic heterocycles. The fraction of sp³-hybridized carbons (Fsp3) is 0.440. The molecule has 2 saturated heterocycles. The monoisotopic (exact) mass is 476 g/mol. The highest BCUT2D eigenvalue weighted by atomic mass is 19.4. The summed E-state index contributed by atoms with van der Waals surface area (Å²) < 4.78 is 44.8. The maximum Gasteiger partial charge on any atom is 0.416 e. The number of alkyl halides is 3. The first-order valence-corrected chi connectivity index (χ1v) is 11.4. The molecule has 0 spiro atoms. The highest BCUT2D eigenvalue weighted by molar-refractivity contribution is 6.22. The first kappa shape index (κ1) is 24.2. The number of imide groups is 1. The van der Waals surface area contributed by atoms with E-state index >= 15 is 0 Å². The molecule has 4 rings (SSSR count). The normalized spacial score (nSPS) is 21.2. The van der Waals surface area contributed by atoms with E-state index in [-0.39, 0.29) is 49.7 Å². The number of rotatable bonds is 6. The van der Waals surface area contributed by atoms with E-state index in [1.807, 2.05) is 11.8 Å². The van der Waals surface area contributed by atoms with Crippen LogP contribution >= 0.6 is 0 Å². The van der Waals surface area contributed by atoms with Crippen LogP contribution in [-0.2, 0) is 21.4 Å². The zero-order valence-electron chi connectivity index (χ0n) is 18.8. The molecule has 34 heavy (non-hydrogen) atoms. The second-order valence-corrected chi connectivity index (χ2v) is 8.78. The molecule has 0 saturated carbocycles. The van der Waals surface area contributed by atoms with Crippen LogP contribution in [0, 0.1) is 0 Å². The summed E-state index contributed by atoms with van der Waals surface area (Å²) in [7, 11) is 0. The number of hydrogen-bond donors (Lipinski definition) is 1. The summed E-state index contributed by atoms with van der Waals surface area (Å²) in [4.78, 5) is 28.8. The van der Waals surface area contributed by atoms with Crippen molar-refractivity contribution in [2.24, 2.45) is 0 Å². The van der Waals surface area contributed by atoms with Crippen molar-refractivity contribution in [2.75, 3.05) is 24.6 Å². The molecular formula is C25H27F3N2O4. The summed E-state index contributed by atoms with van der Waals surface area (Å²) in [6.07, 6.45) is -3.28. The van der Waals surface area contributed by atoms with Crippen molar-refractivity contribution in [1.82, 2.24) is 4.90 Å². The van der Waals surface area contributed by atoms with Crippen molar-refractivity contribution in [3.05, 3.63) is 59.7 Å². The SMILES string of the molecule is CCCOc1ccc(N2C(=O)C[C@H](N3CCC(O)(c4cccc(C(F)(F)F)c4)CC3)C2=O)cc1. The molecule has 0 bridgehead atoms. The quantitative estimate of drug-likeness (QED) is 0.636. The van der Waals surface area contributed by atoms with Crippen LogP contribution in [0.3, 0.4) is 0 Å². The van der Waals surface area contributed by atoms with Crippen molar-refractivity contribution >= 4 is 17.5 Å². The Labute approximate surface area is 195 Å². The molecule has 0 unspecified atom stereocenters. The smallest absolute Gasteiger partial charge is 0.416 e. The minimum atomic E-state index is -4.49. The van der Waals surface area contributed by atoms with E-state index in [2.05, 4.69) is 0 Å². The van der Waals surface area contributed by atoms with Gasteiger partial charge in [0.25, 0.3) is 5.91 Å². The van der Waals surface area contributed by atoms with Crippen LogP contribution in [-0.4, -0.2) is 47.6 Å². The number of ether oxygens (including phenoxy) is 1. The number of likely N-dealkylation sites (tertiary alicyclic amines) is 1. The molecular weight excluding hydrogens is 449 g/mol. The molecule has 6 nitrogen and oxygen atoms in total. The minimum Gasteiger partial charge on any atom is -0.494 e. The lowest BCUT2D eigenvalue weighted by atomic mass is 9.83. The molecule has 2 amide bonds. The predicted octanol–water partition coefficient (Wildman–Crippen LogP) is 4.11. The summed E-state index contributed by atoms with van der Waals surface area (Å²) in [5, 5.41) is 11.1. The zero-order valence-corrected chi connectivity index (χ0v) is 18.8. The number of halogens is 3. The molecule has 0 radical (unpaired) electrons. The average Bonchev–Trinajstić information content (AvgIpc) is 3.12. The summed E-state index contributed by atoms with van der Waals surface area (Å²) in [6.45, 7) is 3.14. The van der Waals surface area contributed by atoms with Crippen molar-refractivity contribution in [1.29, 1.82) is 0 Å². The number of carbonyl (C=O) groups excluding carboxylic acids is 2. The second-order valence-electron chi connectivity index (χ2n) is 8.78. The highest BCUT2D eigenvalue weighted by Gasteiger charge is 2.46. The number of hydrogen-bond acceptors (Lipinski definition) is 5. The van der Waals surface area contributed by atoms with Gasteiger partial charge in [-0.2, -0.15) is 13.2 Å². The standard InChI is InChI=1S/C25H27F3N2O4/c1-2-14-34-20-8-6-19(7-9-20)30-22(31)16-21(23(30)32)29-12-10-24(33,11-13-29)17-4-3-5-18(15-17)25(26,27)28/h3-9,15,21,33H,2,10-14,16H2,1H3/t21-/m0/s1. The van der Waals surface area contributed by atoms with E-state index in [4.69, 9.17) is 4.74 Å². The molecule has 2 heterocycles. The highest BCUT2D eigenvalue weighted by Crippen LogP contribution is 2.38. The largest absolute Gasteiger partial charge is 0.494 e. The Balaban J connectivity index is 1.43. The molecule has 0 aliphatic carbocycles. The molecule has 2 fully saturated rings. The first-order chi connectivity index (χ1) is 16.1. The van der Waals surface area contributed by atoms with Crippen LogP contribution in [0.15, 0.2) is 48.5 Å². The number of carbonyl (C=O) groups is 2. The summed E-state index contributed by atoms with van der Waals surface area (Å²) in [5.41, 5.74) is -1.54. The molecule has 2 aliphatic rings. The van der Waals surface area contributed by atoms with Gasteiger partial charge in [-0.05, 0) is 61.2 Å². The van der Waals surface area contributed by atoms with Crippen molar-refractivity contribution in [2.45, 2.75) is 50.4 Å². The van der Waals surface area contributed by atoms with E-state index < -0.39 is 23.4 Å². The third-order valence-corrected chi connectivity index (χ3v) is 6.48. The summed E-state index contributed by atoms with van der Waals surface area (Å²) in [6, 6.07) is 10.9. The Bertz CT molecular complexity index is 1050. The third kappa shape index (κ3) is 4.81. The molecule has 0 aromatic heterocycles. The van der Waals surface area contributed by atoms with Crippen molar-refractivity contribution < 1.29 is 32.6 Å². The molecule has 1 N–H and O–H groups in total. The van der Waals surface area contributed by atoms with Gasteiger partial charge in [-0.1, -0.05) is 19.1 Å². The molecule has 182 valence electrons. The first-order valence-electron chi connectivity index (χ1n) is 11.4. The van der Waals surface area contributed by atoms with E-state index in [0.29, 0.717) is 18.0 Å². The van der Waals surface area contributed by atoms with E-state index in [9.17, 15) is 27.9 Å². The Morgan fingerprint density at radius 1 is 1.09 bits per heavy atom. The van der Waals surface area contributed by atoms with Gasteiger partial charge in [-0.25, -0.2) is 4.90 Å². The number of aliphatic hydroxyl groups is 1. The molecule has 1 atom stereocenters. The predicted molar refractivity (Wildman–Crippen MR) is 119 cm³/mol. The fourth-order valence-corrected chi connectivity index (χ4v) is 4.56. The van der Waals surface area contributed by atoms with Gasteiger partial charge in [0.2, 0.25) is 5.91 Å². The number of piperidine rings is 1. The maximum atomic E-state index is 13.1. The Kier molecular flexibility index (Phi) is 6.69. The number of nitrogens with zero attached hydrogens (tertiary/aromatic N) is 2. The topological polar surface area (TPSA) is 70.1 Å². The van der Waals surface area contributed by atoms with Gasteiger partial charge >= 0.3 is 6.18 Å². The lowest BCUT2D eigenvalue weighted by Gasteiger charge is -2.40. The number of anilines is 1. The van der Waals surface area contributed by atoms with Gasteiger partial charge in [0, 0.05) is 13.1 Å². The molecule has 9 heteroatoms. The van der Waals surface area contributed by atoms with Crippen LogP contribution in [0.1, 0.15) is 43.7 Å². The van der Waals surface area contributed by atoms with E-state index in [0.717, 1.165) is 18.6 Å². The Hall–Kier alpha value is -2.91. The van der Waals surface area contributed by atoms with Crippen LogP contribution in [0.25, 0.3) is 0 Å². The van der Waals surface area contributed by atoms with Gasteiger partial charge in [0.05, 0.1) is 35.9 Å². The van der Waals surface area contributed by atoms with E-state index in [1.165, 1.54) is 17.0 Å². The van der Waals surface area contributed by atoms with Crippen molar-refractivity contribution in [3.8, 4) is 5.75 Å². The number of benzene rings is 2. The van der Waals surface area contributed by atoms with Crippen LogP contribution in [0.2, 0.25) is 0 Å². The minimum absolute atomic E-state index is 0.0227. The summed E-state index contributed by atoms with van der Waals surface area (Å²) in [5.74, 6) is 0.0128. The lowest BCUT2D eigenvalue weighted by molar-refractivity contribution is -0.138. The molecule has 2 aromatic rings. The fourth-order valence-electron chi connectivity index (χ4n) is 4.56. The summed E-state index contributed by atoms with van der Waals surface area (Å²) >= 11 is 0. The van der Waals surface area contributed by atoms with E-state index in [1.54, 1.807) is 24.3 Å². The lowest BCUT2D eigenvalue weighted by Crippen LogP contribution is -2.49. The van der Waals surface area contributed by atoms with Gasteiger partial charge < -0.3 is 9.84 Å². The van der Waals surface area contributed by atoms with Crippen LogP contribution < -0.4 is 9.64 Å². The van der Waals surface area contributed by atoms with Gasteiger partial charge in [-0.3, -0.25) is 14.5 Å². The Morgan fingerprint density at radius 2 is 1.76 bits per heavy atom. The second kappa shape index (κ2) is 9.38. The number of amides is 2. The van der Waals surface area contributed by atoms with Crippen LogP contribution in [0.5, 0.6) is 5.75 Å². The van der Waals surface area contributed by atoms with Gasteiger partial charge in [0.1, 0.15) is 5.75 Å². The Morgan fingerprint density at radius 3 is 2.38 bits per heavy atom. The van der Waals surface area contributed by atoms with Crippen molar-refractivity contribution in [3.63, 3.8) is 0 Å². The van der Waals surface area contributed by atoms with Gasteiger partial charge in [-0.15, -0.1) is 0 Å². The molecule has 2 aromatic carbocycles. The van der Waals surface area contributed by atoms with Gasteiger partial charge in [0.15, 0.2) is 0 Å². The third-order valence-electron chi connectivity index (χ3n) is 6.48. The maximum absolute atomic E-state index is 13.1. The average molecular weight is 476 g/mol. The zero-order chi connectivity index (χ0) is 24.5.